The van der Waals surface area contributed by atoms with Crippen LogP contribution in [0.2, 0.25) is 0 Å². The number of nitrogens with two attached hydrogens (primary N) is 4. The molecule has 3 aliphatic heterocycles. The first-order valence-corrected chi connectivity index (χ1v) is 37.6. The Morgan fingerprint density at radius 1 is 0.482 bits per heavy atom. The topological polar surface area (TPSA) is 563 Å². The molecule has 0 unspecified atom stereocenters. The lowest BCUT2D eigenvalue weighted by Crippen LogP contribution is -2.63. The second-order valence-corrected chi connectivity index (χ2v) is 29.1. The molecule has 6 rings (SSSR count). The maximum absolute atomic E-state index is 15.2. The third-order valence-electron chi connectivity index (χ3n) is 19.7. The zero-order valence-electron chi connectivity index (χ0n) is 63.8. The molecule has 3 fully saturated rings. The number of nitrogens with zero attached hydrogens (tertiary/aromatic N) is 4. The third kappa shape index (κ3) is 26.0. The molecule has 0 saturated carbocycles. The van der Waals surface area contributed by atoms with Crippen molar-refractivity contribution in [3.8, 4) is 0 Å². The fourth-order valence-corrected chi connectivity index (χ4v) is 13.3. The number of aliphatic hydroxyl groups excluding tert-OH is 2. The van der Waals surface area contributed by atoms with E-state index in [4.69, 9.17) is 22.9 Å². The molecule has 0 spiro atoms. The number of imidazole rings is 1. The Labute approximate surface area is 639 Å². The van der Waals surface area contributed by atoms with Crippen LogP contribution in [0.15, 0.2) is 78.2 Å². The fraction of sp³-hybridized carbons (Fsp3) is 0.595. The van der Waals surface area contributed by atoms with E-state index in [1.54, 1.807) is 102 Å². The maximum Gasteiger partial charge on any atom is 0.248 e. The Kier molecular flexibility index (Phi) is 34.5. The second-order valence-electron chi connectivity index (χ2n) is 29.1. The van der Waals surface area contributed by atoms with Crippen LogP contribution in [0.1, 0.15) is 143 Å². The molecule has 14 amide bonds. The number of rotatable bonds is 22. The molecular weight excluding hydrogens is 1420 g/mol. The summed E-state index contributed by atoms with van der Waals surface area (Å²) in [7, 11) is 0. The third-order valence-corrected chi connectivity index (χ3v) is 19.7. The van der Waals surface area contributed by atoms with E-state index < -0.39 is 198 Å². The van der Waals surface area contributed by atoms with E-state index in [1.165, 1.54) is 26.4 Å². The van der Waals surface area contributed by atoms with Gasteiger partial charge in [-0.15, -0.1) is 0 Å². The van der Waals surface area contributed by atoms with Crippen LogP contribution in [0, 0.1) is 17.8 Å². The van der Waals surface area contributed by atoms with Gasteiger partial charge in [0.25, 0.3) is 0 Å². The monoisotopic (exact) mass is 1540 g/mol. The average Bonchev–Trinajstić information content (AvgIpc) is 1.61. The fourth-order valence-electron chi connectivity index (χ4n) is 13.3. The molecule has 3 aromatic rings. The molecule has 110 heavy (non-hydrogen) atoms. The number of amides is 14. The molecule has 1 aromatic heterocycles. The number of aromatic nitrogens is 2. The highest BCUT2D eigenvalue weighted by atomic mass is 16.3. The quantitative estimate of drug-likeness (QED) is 0.0259. The average molecular weight is 1540 g/mol. The number of carbonyl (C=O) groups is 14. The minimum atomic E-state index is -1.80. The van der Waals surface area contributed by atoms with Crippen LogP contribution < -0.4 is 81.4 Å². The SMILES string of the molecule is CC[C@H](C)[C@H]1NC(=O)[C@H](CC(N)=O)NC(=O)[C@H](CCCCN)NC(=O)[C@H](Cc2ccccc2)NC(=O)[C@H](Cc2ccccc2)NC(=O)[C@H](Cc2cnc[nH]2)NC(=O)[C@H](C(C)C)NC(=O)[C@@H]2CCCN2C(=O)[C@H]([C@@H](C)O)NC(=O)[C@H](CCCN=C(N)N)NC(=O)[C@@H]2CCCN2C(=O)[C@@H]([C@@H](C)O)NC(=O)[C@H](C(C)C)NC1=O. The first-order chi connectivity index (χ1) is 52.2. The van der Waals surface area contributed by atoms with Gasteiger partial charge in [0.1, 0.15) is 78.5 Å². The summed E-state index contributed by atoms with van der Waals surface area (Å²) in [6, 6.07) is -2.79. The first-order valence-electron chi connectivity index (χ1n) is 37.6. The van der Waals surface area contributed by atoms with Crippen molar-refractivity contribution in [2.24, 2.45) is 45.7 Å². The van der Waals surface area contributed by atoms with Crippen LogP contribution in [-0.2, 0) is 86.4 Å². The van der Waals surface area contributed by atoms with Crippen molar-refractivity contribution in [2.45, 2.75) is 236 Å². The lowest BCUT2D eigenvalue weighted by atomic mass is 9.95. The Morgan fingerprint density at radius 2 is 0.864 bits per heavy atom. The predicted molar refractivity (Wildman–Crippen MR) is 402 cm³/mol. The molecule has 36 heteroatoms. The van der Waals surface area contributed by atoms with E-state index in [-0.39, 0.29) is 109 Å². The summed E-state index contributed by atoms with van der Waals surface area (Å²) >= 11 is 0. The molecule has 0 radical (unpaired) electrons. The lowest BCUT2D eigenvalue weighted by molar-refractivity contribution is -0.146. The van der Waals surface area contributed by atoms with Gasteiger partial charge in [-0.2, -0.15) is 0 Å². The number of hydrogen-bond acceptors (Lipinski definition) is 19. The van der Waals surface area contributed by atoms with Gasteiger partial charge in [-0.05, 0) is 107 Å². The molecule has 2 aromatic carbocycles. The summed E-state index contributed by atoms with van der Waals surface area (Å²) < 4.78 is 0. The van der Waals surface area contributed by atoms with Crippen molar-refractivity contribution in [3.05, 3.63) is 90.0 Å². The molecule has 0 aliphatic carbocycles. The van der Waals surface area contributed by atoms with Crippen LogP contribution in [0.5, 0.6) is 0 Å². The van der Waals surface area contributed by atoms with Crippen molar-refractivity contribution in [1.29, 1.82) is 0 Å². The Balaban J connectivity index is 1.44. The van der Waals surface area contributed by atoms with Gasteiger partial charge in [0, 0.05) is 50.8 Å². The summed E-state index contributed by atoms with van der Waals surface area (Å²) in [4.78, 5) is 218. The number of benzene rings is 2. The normalized spacial score (nSPS) is 26.4. The first kappa shape index (κ1) is 88.3. The lowest BCUT2D eigenvalue weighted by Gasteiger charge is -2.33. The number of fused-ring (bicyclic) bond motifs is 2. The van der Waals surface area contributed by atoms with Crippen molar-refractivity contribution >= 4 is 88.7 Å². The summed E-state index contributed by atoms with van der Waals surface area (Å²) in [5.41, 5.74) is 24.2. The molecule has 3 aliphatic rings. The van der Waals surface area contributed by atoms with E-state index in [9.17, 15) is 63.0 Å². The summed E-state index contributed by atoms with van der Waals surface area (Å²) in [6.45, 7) is 12.1. The summed E-state index contributed by atoms with van der Waals surface area (Å²) in [6.07, 6.45) is -0.807. The molecule has 16 atom stereocenters. The number of primary amides is 1. The number of H-pyrrole nitrogens is 1. The van der Waals surface area contributed by atoms with Gasteiger partial charge in [-0.1, -0.05) is 109 Å². The van der Waals surface area contributed by atoms with E-state index in [1.807, 2.05) is 0 Å². The molecule has 22 N–H and O–H groups in total. The number of nitrogens with one attached hydrogen (secondary N) is 12. The smallest absolute Gasteiger partial charge is 0.248 e. The number of guanidine groups is 1. The minimum absolute atomic E-state index is 0.0302. The molecule has 604 valence electrons. The van der Waals surface area contributed by atoms with Crippen LogP contribution in [-0.4, -0.2) is 236 Å². The van der Waals surface area contributed by atoms with E-state index >= 15 is 14.4 Å². The van der Waals surface area contributed by atoms with Crippen LogP contribution in [0.25, 0.3) is 0 Å². The van der Waals surface area contributed by atoms with E-state index in [0.717, 1.165) is 9.80 Å². The van der Waals surface area contributed by atoms with E-state index in [2.05, 4.69) is 73.4 Å². The molecule has 4 heterocycles. The Bertz CT molecular complexity index is 3670. The predicted octanol–water partition coefficient (Wildman–Crippen LogP) is -4.06. The molecular formula is C74H112N20O16. The van der Waals surface area contributed by atoms with Crippen LogP contribution >= 0.6 is 0 Å². The number of aliphatic hydroxyl groups is 2. The van der Waals surface area contributed by atoms with Crippen LogP contribution in [0.3, 0.4) is 0 Å². The summed E-state index contributed by atoms with van der Waals surface area (Å²) in [5, 5.41) is 51.8. The number of hydrogen-bond donors (Lipinski definition) is 18. The molecule has 36 nitrogen and oxygen atoms in total. The number of aromatic amines is 1. The number of aliphatic imine (C=N–C) groups is 1. The number of carbonyl (C=O) groups excluding carboxylic acids is 14. The van der Waals surface area contributed by atoms with Crippen molar-refractivity contribution in [1.82, 2.24) is 78.3 Å². The van der Waals surface area contributed by atoms with Crippen LogP contribution in [0.4, 0.5) is 0 Å². The van der Waals surface area contributed by atoms with E-state index in [0.29, 0.717) is 23.2 Å². The standard InChI is InChI=1S/C74H112N20O16/c1-9-41(6)58-71(108)89-57(40(4)5)70(107)92-60(43(8)96)73(110)93-31-19-27-53(93)67(104)83-48(26-18-30-80-74(77)78)62(99)91-59(42(7)95)72(109)94-32-20-28-54(94)68(105)88-56(39(2)3)69(106)87-51(35-46-37-79-38-81-46)65(102)85-50(34-45-23-14-11-15-24-45)64(101)84-49(33-44-21-12-10-13-22-44)63(100)82-47(25-16-17-29-75)61(98)86-52(36-55(76)97)66(103)90-58/h10-15,21-24,37-43,47-54,56-60,95-96H,9,16-20,25-36,75H2,1-8H3,(H2,76,97)(H,79,81)(H,82,100)(H,83,104)(H,84,101)(H,85,102)(H,86,98)(H,87,106)(H,88,105)(H,89,108)(H,90,103)(H,91,99)(H,92,107)(H4,77,78,80)/t41-,42+,43+,47-,48-,49-,50-,51-,52-,53-,54-,56-,57-,58+,59-,60+/m0/s1. The highest BCUT2D eigenvalue weighted by Gasteiger charge is 2.45. The Hall–Kier alpha value is -10.6. The highest BCUT2D eigenvalue weighted by molar-refractivity contribution is 6.02. The van der Waals surface area contributed by atoms with Gasteiger partial charge in [0.15, 0.2) is 5.96 Å². The van der Waals surface area contributed by atoms with Gasteiger partial charge < -0.3 is 106 Å². The Morgan fingerprint density at radius 3 is 1.32 bits per heavy atom. The van der Waals surface area contributed by atoms with Gasteiger partial charge in [0.2, 0.25) is 82.7 Å². The van der Waals surface area contributed by atoms with Crippen molar-refractivity contribution in [2.75, 3.05) is 26.2 Å². The second kappa shape index (κ2) is 43.0. The van der Waals surface area contributed by atoms with Crippen molar-refractivity contribution < 1.29 is 77.3 Å². The zero-order valence-corrected chi connectivity index (χ0v) is 63.8. The highest BCUT2D eigenvalue weighted by Crippen LogP contribution is 2.24. The maximum atomic E-state index is 15.2. The van der Waals surface area contributed by atoms with Gasteiger partial charge in [0.05, 0.1) is 25.0 Å². The number of unbranched alkanes of at least 4 members (excludes halogenated alkanes) is 1. The van der Waals surface area contributed by atoms with Gasteiger partial charge >= 0.3 is 0 Å². The minimum Gasteiger partial charge on any atom is -0.391 e. The largest absolute Gasteiger partial charge is 0.391 e. The molecule has 3 saturated heterocycles. The van der Waals surface area contributed by atoms with Crippen molar-refractivity contribution in [3.63, 3.8) is 0 Å². The van der Waals surface area contributed by atoms with Gasteiger partial charge in [-0.25, -0.2) is 4.98 Å². The summed E-state index contributed by atoms with van der Waals surface area (Å²) in [5.74, 6) is -15.6. The molecule has 0 bridgehead atoms. The van der Waals surface area contributed by atoms with Gasteiger partial charge in [-0.3, -0.25) is 72.1 Å². The zero-order chi connectivity index (χ0) is 81.1.